The molecule has 0 radical (unpaired) electrons. The highest BCUT2D eigenvalue weighted by Crippen LogP contribution is 1.95. The van der Waals surface area contributed by atoms with Gasteiger partial charge in [0, 0.05) is 13.2 Å². The van der Waals surface area contributed by atoms with Gasteiger partial charge in [0.25, 0.3) is 0 Å². The Kier molecular flexibility index (Phi) is 10.9. The van der Waals surface area contributed by atoms with Crippen molar-refractivity contribution >= 4 is 0 Å². The van der Waals surface area contributed by atoms with Gasteiger partial charge < -0.3 is 15.0 Å². The van der Waals surface area contributed by atoms with Crippen LogP contribution in [0.2, 0.25) is 0 Å². The third-order valence-corrected chi connectivity index (χ3v) is 2.11. The average Bonchev–Trinajstić information content (AvgIpc) is 2.15. The summed E-state index contributed by atoms with van der Waals surface area (Å²) in [5.41, 5.74) is 0. The molecule has 0 heterocycles. The van der Waals surface area contributed by atoms with Crippen molar-refractivity contribution in [1.29, 1.82) is 0 Å². The van der Waals surface area contributed by atoms with Crippen molar-refractivity contribution < 1.29 is 4.74 Å². The summed E-state index contributed by atoms with van der Waals surface area (Å²) < 4.78 is 5.52. The van der Waals surface area contributed by atoms with E-state index < -0.39 is 0 Å². The van der Waals surface area contributed by atoms with Gasteiger partial charge in [-0.25, -0.2) is 0 Å². The third-order valence-electron chi connectivity index (χ3n) is 2.11. The zero-order valence-electron chi connectivity index (χ0n) is 10.0. The van der Waals surface area contributed by atoms with Crippen molar-refractivity contribution in [2.75, 3.05) is 47.4 Å². The Morgan fingerprint density at radius 1 is 1.00 bits per heavy atom. The second kappa shape index (κ2) is 11.0. The molecule has 0 aliphatic carbocycles. The Morgan fingerprint density at radius 2 is 1.71 bits per heavy atom. The van der Waals surface area contributed by atoms with Gasteiger partial charge in [0.15, 0.2) is 0 Å². The predicted octanol–water partition coefficient (Wildman–Crippen LogP) is 1.34. The van der Waals surface area contributed by atoms with Crippen LogP contribution < -0.4 is 5.32 Å². The van der Waals surface area contributed by atoms with E-state index in [1.54, 1.807) is 0 Å². The molecule has 0 aromatic heterocycles. The molecule has 0 aliphatic rings. The molecule has 1 N–H and O–H groups in total. The van der Waals surface area contributed by atoms with Crippen LogP contribution in [0.25, 0.3) is 0 Å². The SMILES string of the molecule is CNCCCCCOCCCN(C)C. The zero-order valence-corrected chi connectivity index (χ0v) is 10.0. The molecule has 0 fully saturated rings. The lowest BCUT2D eigenvalue weighted by Crippen LogP contribution is -2.15. The van der Waals surface area contributed by atoms with Crippen LogP contribution >= 0.6 is 0 Å². The van der Waals surface area contributed by atoms with Gasteiger partial charge in [-0.1, -0.05) is 0 Å². The molecule has 0 amide bonds. The normalized spacial score (nSPS) is 11.1. The summed E-state index contributed by atoms with van der Waals surface area (Å²) in [6.07, 6.45) is 4.87. The van der Waals surface area contributed by atoms with E-state index in [4.69, 9.17) is 4.74 Å². The van der Waals surface area contributed by atoms with E-state index in [0.29, 0.717) is 0 Å². The Hall–Kier alpha value is -0.120. The highest BCUT2D eigenvalue weighted by atomic mass is 16.5. The number of nitrogens with one attached hydrogen (secondary N) is 1. The van der Waals surface area contributed by atoms with Gasteiger partial charge in [0.1, 0.15) is 0 Å². The number of unbranched alkanes of at least 4 members (excludes halogenated alkanes) is 2. The van der Waals surface area contributed by atoms with Crippen molar-refractivity contribution in [2.45, 2.75) is 25.7 Å². The molecule has 14 heavy (non-hydrogen) atoms. The minimum Gasteiger partial charge on any atom is -0.381 e. The molecule has 86 valence electrons. The third kappa shape index (κ3) is 11.9. The van der Waals surface area contributed by atoms with Crippen LogP contribution in [0.5, 0.6) is 0 Å². The number of rotatable bonds is 10. The van der Waals surface area contributed by atoms with Crippen LogP contribution in [-0.2, 0) is 4.74 Å². The molecule has 0 saturated heterocycles. The number of hydrogen-bond acceptors (Lipinski definition) is 3. The van der Waals surface area contributed by atoms with Gasteiger partial charge in [-0.05, 0) is 59.9 Å². The molecule has 0 atom stereocenters. The maximum Gasteiger partial charge on any atom is 0.0478 e. The van der Waals surface area contributed by atoms with Crippen LogP contribution in [-0.4, -0.2) is 52.3 Å². The fraction of sp³-hybridized carbons (Fsp3) is 1.00. The quantitative estimate of drug-likeness (QED) is 0.541. The fourth-order valence-electron chi connectivity index (χ4n) is 1.27. The maximum atomic E-state index is 5.52. The van der Waals surface area contributed by atoms with E-state index in [2.05, 4.69) is 24.3 Å². The first-order valence-corrected chi connectivity index (χ1v) is 5.64. The van der Waals surface area contributed by atoms with Crippen LogP contribution in [0.15, 0.2) is 0 Å². The van der Waals surface area contributed by atoms with Gasteiger partial charge in [0.2, 0.25) is 0 Å². The van der Waals surface area contributed by atoms with Gasteiger partial charge in [0.05, 0.1) is 0 Å². The molecule has 3 nitrogen and oxygen atoms in total. The standard InChI is InChI=1S/C11H26N2O/c1-12-8-5-4-6-10-14-11-7-9-13(2)3/h12H,4-11H2,1-3H3. The molecule has 0 aromatic rings. The van der Waals surface area contributed by atoms with E-state index in [-0.39, 0.29) is 0 Å². The molecular weight excluding hydrogens is 176 g/mol. The van der Waals surface area contributed by atoms with Crippen LogP contribution in [0.1, 0.15) is 25.7 Å². The molecule has 0 spiro atoms. The Balaban J connectivity index is 2.85. The van der Waals surface area contributed by atoms with E-state index in [9.17, 15) is 0 Å². The van der Waals surface area contributed by atoms with Crippen molar-refractivity contribution in [3.8, 4) is 0 Å². The Labute approximate surface area is 88.8 Å². The predicted molar refractivity (Wildman–Crippen MR) is 61.8 cm³/mol. The number of hydrogen-bond donors (Lipinski definition) is 1. The zero-order chi connectivity index (χ0) is 10.6. The summed E-state index contributed by atoms with van der Waals surface area (Å²) in [6.45, 7) is 4.09. The number of ether oxygens (including phenoxy) is 1. The lowest BCUT2D eigenvalue weighted by atomic mass is 10.2. The van der Waals surface area contributed by atoms with Crippen molar-refractivity contribution in [2.24, 2.45) is 0 Å². The summed E-state index contributed by atoms with van der Waals surface area (Å²) in [7, 11) is 6.19. The molecule has 0 aromatic carbocycles. The Morgan fingerprint density at radius 3 is 2.36 bits per heavy atom. The minimum atomic E-state index is 0.907. The first-order valence-electron chi connectivity index (χ1n) is 5.64. The van der Waals surface area contributed by atoms with Gasteiger partial charge in [-0.3, -0.25) is 0 Å². The summed E-state index contributed by atoms with van der Waals surface area (Å²) in [6, 6.07) is 0. The van der Waals surface area contributed by atoms with Crippen LogP contribution in [0.4, 0.5) is 0 Å². The van der Waals surface area contributed by atoms with E-state index in [0.717, 1.165) is 32.7 Å². The summed E-state index contributed by atoms with van der Waals surface area (Å²) in [4.78, 5) is 2.19. The molecule has 3 heteroatoms. The van der Waals surface area contributed by atoms with Crippen molar-refractivity contribution in [1.82, 2.24) is 10.2 Å². The second-order valence-electron chi connectivity index (χ2n) is 3.93. The summed E-state index contributed by atoms with van der Waals surface area (Å²) in [5, 5.41) is 3.15. The molecule has 0 saturated carbocycles. The van der Waals surface area contributed by atoms with Crippen molar-refractivity contribution in [3.05, 3.63) is 0 Å². The molecule has 0 unspecified atom stereocenters. The van der Waals surface area contributed by atoms with E-state index in [1.165, 1.54) is 19.3 Å². The van der Waals surface area contributed by atoms with E-state index >= 15 is 0 Å². The smallest absolute Gasteiger partial charge is 0.0478 e. The monoisotopic (exact) mass is 202 g/mol. The Bertz CT molecular complexity index is 107. The molecular formula is C11H26N2O. The highest BCUT2D eigenvalue weighted by Gasteiger charge is 1.92. The average molecular weight is 202 g/mol. The van der Waals surface area contributed by atoms with Crippen molar-refractivity contribution in [3.63, 3.8) is 0 Å². The number of nitrogens with zero attached hydrogens (tertiary/aromatic N) is 1. The molecule has 0 rings (SSSR count). The topological polar surface area (TPSA) is 24.5 Å². The van der Waals surface area contributed by atoms with Gasteiger partial charge in [-0.15, -0.1) is 0 Å². The maximum absolute atomic E-state index is 5.52. The summed E-state index contributed by atoms with van der Waals surface area (Å²) in [5.74, 6) is 0. The van der Waals surface area contributed by atoms with Crippen LogP contribution in [0.3, 0.4) is 0 Å². The first-order chi connectivity index (χ1) is 6.77. The van der Waals surface area contributed by atoms with Gasteiger partial charge >= 0.3 is 0 Å². The molecule has 0 aliphatic heterocycles. The molecule has 0 bridgehead atoms. The first kappa shape index (κ1) is 13.9. The largest absolute Gasteiger partial charge is 0.381 e. The second-order valence-corrected chi connectivity index (χ2v) is 3.93. The summed E-state index contributed by atoms with van der Waals surface area (Å²) >= 11 is 0. The lowest BCUT2D eigenvalue weighted by Gasteiger charge is -2.09. The lowest BCUT2D eigenvalue weighted by molar-refractivity contribution is 0.122. The van der Waals surface area contributed by atoms with Crippen LogP contribution in [0, 0.1) is 0 Å². The highest BCUT2D eigenvalue weighted by molar-refractivity contribution is 4.45. The van der Waals surface area contributed by atoms with E-state index in [1.807, 2.05) is 7.05 Å². The van der Waals surface area contributed by atoms with Gasteiger partial charge in [-0.2, -0.15) is 0 Å². The minimum absolute atomic E-state index is 0.907. The fourth-order valence-corrected chi connectivity index (χ4v) is 1.27.